The molecule has 1 saturated carbocycles. The van der Waals surface area contributed by atoms with Gasteiger partial charge in [0.05, 0.1) is 17.7 Å². The van der Waals surface area contributed by atoms with Crippen LogP contribution in [0.4, 0.5) is 0 Å². The van der Waals surface area contributed by atoms with Crippen molar-refractivity contribution in [3.05, 3.63) is 0 Å². The summed E-state index contributed by atoms with van der Waals surface area (Å²) >= 11 is 3.55. The third-order valence-electron chi connectivity index (χ3n) is 6.69. The molecule has 0 aromatic carbocycles. The highest BCUT2D eigenvalue weighted by Gasteiger charge is 2.34. The molecule has 0 aromatic rings. The summed E-state index contributed by atoms with van der Waals surface area (Å²) in [6, 6.07) is -0.406. The molecular weight excluding hydrogens is 508 g/mol. The summed E-state index contributed by atoms with van der Waals surface area (Å²) in [5.41, 5.74) is -1.10. The van der Waals surface area contributed by atoms with E-state index >= 15 is 0 Å². The molecule has 1 aliphatic carbocycles. The van der Waals surface area contributed by atoms with Crippen LogP contribution in [0, 0.1) is 5.41 Å². The molecule has 9 heteroatoms. The summed E-state index contributed by atoms with van der Waals surface area (Å²) in [5.74, 6) is 1.40. The van der Waals surface area contributed by atoms with E-state index in [4.69, 9.17) is 4.74 Å². The molecule has 0 bridgehead atoms. The Balaban J connectivity index is 2.42. The normalized spacial score (nSPS) is 19.7. The predicted octanol–water partition coefficient (Wildman–Crippen LogP) is 4.59. The maximum atomic E-state index is 12.9. The smallest absolute Gasteiger partial charge is 0.226 e. The summed E-state index contributed by atoms with van der Waals surface area (Å²) in [6.07, 6.45) is 7.17. The lowest BCUT2D eigenvalue weighted by Crippen LogP contribution is -2.46. The highest BCUT2D eigenvalue weighted by molar-refractivity contribution is 8.04. The first-order valence-electron chi connectivity index (χ1n) is 13.7. The van der Waals surface area contributed by atoms with E-state index in [0.717, 1.165) is 37.6 Å². The summed E-state index contributed by atoms with van der Waals surface area (Å²) in [6.45, 7) is 14.2. The van der Waals surface area contributed by atoms with Gasteiger partial charge in [0.1, 0.15) is 18.4 Å². The molecule has 7 nitrogen and oxygen atoms in total. The average Bonchev–Trinajstić information content (AvgIpc) is 2.80. The van der Waals surface area contributed by atoms with E-state index in [-0.39, 0.29) is 23.8 Å². The Labute approximate surface area is 233 Å². The van der Waals surface area contributed by atoms with Gasteiger partial charge >= 0.3 is 0 Å². The lowest BCUT2D eigenvalue weighted by Gasteiger charge is -2.37. The van der Waals surface area contributed by atoms with E-state index in [1.807, 2.05) is 60.2 Å². The van der Waals surface area contributed by atoms with Crippen molar-refractivity contribution < 1.29 is 23.9 Å². The van der Waals surface area contributed by atoms with Gasteiger partial charge in [0.2, 0.25) is 5.91 Å². The summed E-state index contributed by atoms with van der Waals surface area (Å²) in [4.78, 5) is 47.8. The standard InChI is InChI=1S/C28H50N2O5S2/c1-8-9-23(33)12-13-28(6,7)35-15-14-27(4,5)26(34)30-22(17-32)19-37-25-11-10-24(25)36-18-21(16-31)29-20(2)3/h16-17,20-22,24-25,29H,8-15,18-19H2,1-7H3,(H,30,34). The van der Waals surface area contributed by atoms with Gasteiger partial charge in [-0.2, -0.15) is 23.5 Å². The quantitative estimate of drug-likeness (QED) is 0.197. The number of amides is 1. The third-order valence-corrected chi connectivity index (χ3v) is 9.95. The van der Waals surface area contributed by atoms with Crippen LogP contribution in [0.2, 0.25) is 0 Å². The van der Waals surface area contributed by atoms with Crippen molar-refractivity contribution in [1.82, 2.24) is 10.6 Å². The van der Waals surface area contributed by atoms with Gasteiger partial charge < -0.3 is 25.0 Å². The van der Waals surface area contributed by atoms with Crippen molar-refractivity contribution in [1.29, 1.82) is 0 Å². The monoisotopic (exact) mass is 558 g/mol. The minimum absolute atomic E-state index is 0.140. The predicted molar refractivity (Wildman–Crippen MR) is 155 cm³/mol. The van der Waals surface area contributed by atoms with Gasteiger partial charge in [0.25, 0.3) is 0 Å². The highest BCUT2D eigenvalue weighted by atomic mass is 32.2. The lowest BCUT2D eigenvalue weighted by atomic mass is 9.88. The molecular formula is C28H50N2O5S2. The number of thioether (sulfide) groups is 2. The second-order valence-electron chi connectivity index (χ2n) is 11.6. The van der Waals surface area contributed by atoms with Crippen LogP contribution in [-0.4, -0.2) is 76.6 Å². The maximum absolute atomic E-state index is 12.9. The molecule has 0 radical (unpaired) electrons. The molecule has 2 N–H and O–H groups in total. The fourth-order valence-electron chi connectivity index (χ4n) is 3.92. The number of nitrogens with one attached hydrogen (secondary N) is 2. The minimum Gasteiger partial charge on any atom is -0.376 e. The van der Waals surface area contributed by atoms with Crippen LogP contribution in [0.25, 0.3) is 0 Å². The molecule has 37 heavy (non-hydrogen) atoms. The topological polar surface area (TPSA) is 102 Å². The number of carbonyl (C=O) groups is 4. The first-order chi connectivity index (χ1) is 17.3. The van der Waals surface area contributed by atoms with Gasteiger partial charge in [-0.15, -0.1) is 0 Å². The number of carbonyl (C=O) groups excluding carboxylic acids is 4. The summed E-state index contributed by atoms with van der Waals surface area (Å²) < 4.78 is 6.02. The van der Waals surface area contributed by atoms with Crippen LogP contribution < -0.4 is 10.6 Å². The molecule has 0 aromatic heterocycles. The highest BCUT2D eigenvalue weighted by Crippen LogP contribution is 2.40. The fourth-order valence-corrected chi connectivity index (χ4v) is 6.94. The van der Waals surface area contributed by atoms with Gasteiger partial charge in [-0.3, -0.25) is 9.59 Å². The van der Waals surface area contributed by atoms with Gasteiger partial charge in [-0.1, -0.05) is 34.6 Å². The van der Waals surface area contributed by atoms with Crippen LogP contribution in [-0.2, 0) is 23.9 Å². The Bertz CT molecular complexity index is 729. The van der Waals surface area contributed by atoms with Crippen molar-refractivity contribution >= 4 is 47.8 Å². The van der Waals surface area contributed by atoms with E-state index in [9.17, 15) is 19.2 Å². The minimum atomic E-state index is -0.678. The Morgan fingerprint density at radius 1 is 0.946 bits per heavy atom. The number of aldehydes is 2. The molecule has 4 atom stereocenters. The molecule has 0 aliphatic heterocycles. The second kappa shape index (κ2) is 16.9. The van der Waals surface area contributed by atoms with Crippen LogP contribution in [0.15, 0.2) is 0 Å². The largest absolute Gasteiger partial charge is 0.376 e. The zero-order valence-corrected chi connectivity index (χ0v) is 25.6. The van der Waals surface area contributed by atoms with E-state index < -0.39 is 17.1 Å². The first kappa shape index (κ1) is 34.1. The van der Waals surface area contributed by atoms with Gasteiger partial charge in [0.15, 0.2) is 0 Å². The number of hydrogen-bond donors (Lipinski definition) is 2. The SMILES string of the molecule is CCCC(=O)CCC(C)(C)OCCC(C)(C)C(=O)NC(C=O)CSC1CCC1SCC(C=O)NC(C)C. The first-order valence-corrected chi connectivity index (χ1v) is 15.8. The zero-order valence-electron chi connectivity index (χ0n) is 24.0. The Morgan fingerprint density at radius 3 is 2.00 bits per heavy atom. The van der Waals surface area contributed by atoms with Crippen molar-refractivity contribution in [2.45, 2.75) is 128 Å². The number of ether oxygens (including phenoxy) is 1. The summed E-state index contributed by atoms with van der Waals surface area (Å²) in [7, 11) is 0. The Hall–Kier alpha value is -0.900. The van der Waals surface area contributed by atoms with Crippen LogP contribution >= 0.6 is 23.5 Å². The molecule has 0 heterocycles. The molecule has 1 rings (SSSR count). The van der Waals surface area contributed by atoms with Crippen molar-refractivity contribution in [3.8, 4) is 0 Å². The van der Waals surface area contributed by atoms with Gasteiger partial charge in [0, 0.05) is 52.9 Å². The molecule has 0 saturated heterocycles. The van der Waals surface area contributed by atoms with E-state index in [1.165, 1.54) is 0 Å². The molecule has 0 spiro atoms. The van der Waals surface area contributed by atoms with Crippen molar-refractivity contribution in [2.24, 2.45) is 5.41 Å². The molecule has 1 fully saturated rings. The fraction of sp³-hybridized carbons (Fsp3) is 0.857. The molecule has 4 unspecified atom stereocenters. The van der Waals surface area contributed by atoms with E-state index in [0.29, 0.717) is 48.5 Å². The zero-order chi connectivity index (χ0) is 28.1. The van der Waals surface area contributed by atoms with Crippen LogP contribution in [0.3, 0.4) is 0 Å². The number of Topliss-reactive ketones (excluding diaryl/α,β-unsaturated/α-hetero) is 1. The molecule has 214 valence electrons. The van der Waals surface area contributed by atoms with E-state index in [2.05, 4.69) is 10.6 Å². The average molecular weight is 559 g/mol. The number of ketones is 1. The van der Waals surface area contributed by atoms with Crippen molar-refractivity contribution in [3.63, 3.8) is 0 Å². The summed E-state index contributed by atoms with van der Waals surface area (Å²) in [5, 5.41) is 7.09. The maximum Gasteiger partial charge on any atom is 0.226 e. The van der Waals surface area contributed by atoms with Gasteiger partial charge in [-0.25, -0.2) is 0 Å². The second-order valence-corrected chi connectivity index (χ2v) is 14.2. The third kappa shape index (κ3) is 13.6. The van der Waals surface area contributed by atoms with Crippen molar-refractivity contribution in [2.75, 3.05) is 18.1 Å². The Kier molecular flexibility index (Phi) is 15.6. The van der Waals surface area contributed by atoms with Crippen LogP contribution in [0.1, 0.15) is 93.4 Å². The van der Waals surface area contributed by atoms with E-state index in [1.54, 1.807) is 11.8 Å². The number of hydrogen-bond acceptors (Lipinski definition) is 8. The van der Waals surface area contributed by atoms with Gasteiger partial charge in [-0.05, 0) is 46.0 Å². The molecule has 1 amide bonds. The van der Waals surface area contributed by atoms with Crippen LogP contribution in [0.5, 0.6) is 0 Å². The number of rotatable bonds is 21. The molecule has 1 aliphatic rings. The lowest BCUT2D eigenvalue weighted by molar-refractivity contribution is -0.133. The Morgan fingerprint density at radius 2 is 1.51 bits per heavy atom.